The van der Waals surface area contributed by atoms with Gasteiger partial charge in [0.1, 0.15) is 5.78 Å². The fraction of sp³-hybridized carbons (Fsp3) is 0.909. The molecular formula is C11H21NO. The van der Waals surface area contributed by atoms with Gasteiger partial charge < -0.3 is 5.32 Å². The predicted molar refractivity (Wildman–Crippen MR) is 54.7 cm³/mol. The summed E-state index contributed by atoms with van der Waals surface area (Å²) < 4.78 is 0. The smallest absolute Gasteiger partial charge is 0.145 e. The van der Waals surface area contributed by atoms with E-state index < -0.39 is 0 Å². The van der Waals surface area contributed by atoms with E-state index in [1.165, 1.54) is 0 Å². The molecule has 1 heterocycles. The van der Waals surface area contributed by atoms with Gasteiger partial charge in [0.15, 0.2) is 0 Å². The average molecular weight is 183 g/mol. The molecule has 0 spiro atoms. The summed E-state index contributed by atoms with van der Waals surface area (Å²) in [5.41, 5.74) is -0.329. The number of piperidine rings is 1. The Hall–Kier alpha value is -0.370. The van der Waals surface area contributed by atoms with Crippen molar-refractivity contribution in [2.75, 3.05) is 13.1 Å². The topological polar surface area (TPSA) is 29.1 Å². The van der Waals surface area contributed by atoms with E-state index in [4.69, 9.17) is 0 Å². The zero-order valence-corrected chi connectivity index (χ0v) is 9.24. The molecule has 0 aromatic rings. The van der Waals surface area contributed by atoms with Gasteiger partial charge in [-0.15, -0.1) is 0 Å². The molecule has 0 aliphatic carbocycles. The number of Topliss-reactive ketones (excluding diaryl/α,β-unsaturated/α-hetero) is 1. The third kappa shape index (κ3) is 2.31. The van der Waals surface area contributed by atoms with Crippen molar-refractivity contribution in [2.24, 2.45) is 10.8 Å². The van der Waals surface area contributed by atoms with Gasteiger partial charge in [0.2, 0.25) is 0 Å². The van der Waals surface area contributed by atoms with Crippen molar-refractivity contribution in [1.29, 1.82) is 0 Å². The first kappa shape index (κ1) is 10.7. The number of ketones is 1. The molecule has 13 heavy (non-hydrogen) atoms. The van der Waals surface area contributed by atoms with E-state index in [-0.39, 0.29) is 10.8 Å². The maximum atomic E-state index is 12.1. The Bertz CT molecular complexity index is 197. The molecule has 0 aromatic heterocycles. The molecular weight excluding hydrogens is 162 g/mol. The molecule has 0 amide bonds. The number of hydrogen-bond donors (Lipinski definition) is 1. The summed E-state index contributed by atoms with van der Waals surface area (Å²) in [5.74, 6) is 0.396. The maximum Gasteiger partial charge on any atom is 0.145 e. The summed E-state index contributed by atoms with van der Waals surface area (Å²) in [7, 11) is 0. The van der Waals surface area contributed by atoms with Crippen LogP contribution >= 0.6 is 0 Å². The third-order valence-electron chi connectivity index (χ3n) is 2.83. The Morgan fingerprint density at radius 2 is 2.00 bits per heavy atom. The van der Waals surface area contributed by atoms with E-state index in [1.807, 2.05) is 20.8 Å². The van der Waals surface area contributed by atoms with E-state index in [1.54, 1.807) is 0 Å². The molecule has 1 aliphatic heterocycles. The van der Waals surface area contributed by atoms with Gasteiger partial charge in [-0.05, 0) is 19.4 Å². The summed E-state index contributed by atoms with van der Waals surface area (Å²) >= 11 is 0. The molecule has 1 unspecified atom stereocenters. The zero-order chi connectivity index (χ0) is 10.1. The van der Waals surface area contributed by atoms with Crippen LogP contribution in [-0.2, 0) is 4.79 Å². The van der Waals surface area contributed by atoms with Crippen molar-refractivity contribution >= 4 is 5.78 Å². The molecule has 0 bridgehead atoms. The van der Waals surface area contributed by atoms with Gasteiger partial charge >= 0.3 is 0 Å². The van der Waals surface area contributed by atoms with Crippen molar-refractivity contribution in [2.45, 2.75) is 40.5 Å². The van der Waals surface area contributed by atoms with E-state index in [0.29, 0.717) is 5.78 Å². The highest BCUT2D eigenvalue weighted by Gasteiger charge is 2.40. The normalized spacial score (nSPS) is 30.2. The Labute approximate surface area is 81.1 Å². The molecule has 0 saturated carbocycles. The number of hydrogen-bond acceptors (Lipinski definition) is 2. The Kier molecular flexibility index (Phi) is 2.81. The lowest BCUT2D eigenvalue weighted by Crippen LogP contribution is -2.47. The summed E-state index contributed by atoms with van der Waals surface area (Å²) in [6, 6.07) is 0. The monoisotopic (exact) mass is 183 g/mol. The molecule has 1 saturated heterocycles. The second kappa shape index (κ2) is 3.41. The molecule has 1 rings (SSSR count). The largest absolute Gasteiger partial charge is 0.316 e. The summed E-state index contributed by atoms with van der Waals surface area (Å²) in [5, 5.41) is 3.31. The highest BCUT2D eigenvalue weighted by Crippen LogP contribution is 2.34. The van der Waals surface area contributed by atoms with Gasteiger partial charge in [-0.1, -0.05) is 27.7 Å². The van der Waals surface area contributed by atoms with Gasteiger partial charge in [0, 0.05) is 17.4 Å². The number of carbonyl (C=O) groups excluding carboxylic acids is 1. The SMILES string of the molecule is CC(C)(C)C(=O)C1(C)CCCNC1. The van der Waals surface area contributed by atoms with Crippen LogP contribution in [0.2, 0.25) is 0 Å². The van der Waals surface area contributed by atoms with E-state index in [2.05, 4.69) is 12.2 Å². The Morgan fingerprint density at radius 3 is 2.38 bits per heavy atom. The predicted octanol–water partition coefficient (Wildman–Crippen LogP) is 1.99. The molecule has 1 fully saturated rings. The standard InChI is InChI=1S/C11H21NO/c1-10(2,3)9(13)11(4)6-5-7-12-8-11/h12H,5-8H2,1-4H3. The van der Waals surface area contributed by atoms with Crippen LogP contribution in [0.4, 0.5) is 0 Å². The first-order valence-electron chi connectivity index (χ1n) is 5.12. The second-order valence-corrected chi connectivity index (χ2v) is 5.42. The summed E-state index contributed by atoms with van der Waals surface area (Å²) in [4.78, 5) is 12.1. The highest BCUT2D eigenvalue weighted by molar-refractivity contribution is 5.89. The lowest BCUT2D eigenvalue weighted by atomic mass is 9.70. The maximum absolute atomic E-state index is 12.1. The molecule has 1 N–H and O–H groups in total. The third-order valence-corrected chi connectivity index (χ3v) is 2.83. The fourth-order valence-corrected chi connectivity index (χ4v) is 2.16. The zero-order valence-electron chi connectivity index (χ0n) is 9.24. The quantitative estimate of drug-likeness (QED) is 0.673. The van der Waals surface area contributed by atoms with Gasteiger partial charge in [-0.25, -0.2) is 0 Å². The number of nitrogens with one attached hydrogen (secondary N) is 1. The lowest BCUT2D eigenvalue weighted by molar-refractivity contribution is -0.136. The van der Waals surface area contributed by atoms with E-state index in [9.17, 15) is 4.79 Å². The molecule has 2 nitrogen and oxygen atoms in total. The van der Waals surface area contributed by atoms with Crippen LogP contribution in [0.3, 0.4) is 0 Å². The van der Waals surface area contributed by atoms with Gasteiger partial charge in [-0.3, -0.25) is 4.79 Å². The van der Waals surface area contributed by atoms with Crippen molar-refractivity contribution in [3.05, 3.63) is 0 Å². The lowest BCUT2D eigenvalue weighted by Gasteiger charge is -2.37. The second-order valence-electron chi connectivity index (χ2n) is 5.42. The molecule has 1 atom stereocenters. The van der Waals surface area contributed by atoms with E-state index in [0.717, 1.165) is 25.9 Å². The van der Waals surface area contributed by atoms with Crippen LogP contribution in [0, 0.1) is 10.8 Å². The van der Waals surface area contributed by atoms with Gasteiger partial charge in [0.25, 0.3) is 0 Å². The van der Waals surface area contributed by atoms with Gasteiger partial charge in [-0.2, -0.15) is 0 Å². The highest BCUT2D eigenvalue weighted by atomic mass is 16.1. The minimum absolute atomic E-state index is 0.128. The van der Waals surface area contributed by atoms with Crippen LogP contribution in [0.25, 0.3) is 0 Å². The molecule has 1 aliphatic rings. The first-order valence-corrected chi connectivity index (χ1v) is 5.12. The van der Waals surface area contributed by atoms with Gasteiger partial charge in [0.05, 0.1) is 0 Å². The van der Waals surface area contributed by atoms with Crippen molar-refractivity contribution in [3.63, 3.8) is 0 Å². The molecule has 2 heteroatoms. The molecule has 0 radical (unpaired) electrons. The number of rotatable bonds is 1. The average Bonchev–Trinajstić information content (AvgIpc) is 2.03. The van der Waals surface area contributed by atoms with Crippen molar-refractivity contribution in [1.82, 2.24) is 5.32 Å². The van der Waals surface area contributed by atoms with Crippen molar-refractivity contribution < 1.29 is 4.79 Å². The van der Waals surface area contributed by atoms with Crippen LogP contribution < -0.4 is 5.32 Å². The summed E-state index contributed by atoms with van der Waals surface area (Å²) in [6.07, 6.45) is 2.16. The van der Waals surface area contributed by atoms with Crippen LogP contribution in [0.5, 0.6) is 0 Å². The minimum Gasteiger partial charge on any atom is -0.316 e. The van der Waals surface area contributed by atoms with E-state index >= 15 is 0 Å². The first-order chi connectivity index (χ1) is 5.86. The van der Waals surface area contributed by atoms with Crippen LogP contribution in [0.15, 0.2) is 0 Å². The Morgan fingerprint density at radius 1 is 1.38 bits per heavy atom. The summed E-state index contributed by atoms with van der Waals surface area (Å²) in [6.45, 7) is 10.0. The van der Waals surface area contributed by atoms with Crippen molar-refractivity contribution in [3.8, 4) is 0 Å². The van der Waals surface area contributed by atoms with Crippen LogP contribution in [0.1, 0.15) is 40.5 Å². The molecule has 0 aromatic carbocycles. The Balaban J connectivity index is 2.73. The number of carbonyl (C=O) groups is 1. The fourth-order valence-electron chi connectivity index (χ4n) is 2.16. The molecule has 76 valence electrons. The minimum atomic E-state index is -0.201. The van der Waals surface area contributed by atoms with Crippen LogP contribution in [-0.4, -0.2) is 18.9 Å².